The molecule has 2 fully saturated rings. The lowest BCUT2D eigenvalue weighted by Crippen LogP contribution is -2.50. The molecule has 1 aliphatic carbocycles. The van der Waals surface area contributed by atoms with Crippen LogP contribution in [-0.2, 0) is 11.3 Å². The molecular formula is C29H36N2O2S. The molecule has 2 aliphatic rings. The van der Waals surface area contributed by atoms with Gasteiger partial charge in [0.2, 0.25) is 0 Å². The van der Waals surface area contributed by atoms with Gasteiger partial charge in [0.25, 0.3) is 11.8 Å². The van der Waals surface area contributed by atoms with E-state index >= 15 is 0 Å². The SMILES string of the molecule is Cc1cccc(CN2C(=O)/C(=C\c3ccc(C(=O)NCCC(C)C)cc3)SC3CCCCC32)c1. The number of rotatable bonds is 7. The molecule has 2 amide bonds. The zero-order valence-corrected chi connectivity index (χ0v) is 21.4. The van der Waals surface area contributed by atoms with Gasteiger partial charge in [0, 0.05) is 29.9 Å². The fourth-order valence-corrected chi connectivity index (χ4v) is 6.30. The number of fused-ring (bicyclic) bond motifs is 1. The number of hydrogen-bond donors (Lipinski definition) is 1. The van der Waals surface area contributed by atoms with E-state index in [0.717, 1.165) is 29.7 Å². The summed E-state index contributed by atoms with van der Waals surface area (Å²) in [6, 6.07) is 16.4. The van der Waals surface area contributed by atoms with Gasteiger partial charge < -0.3 is 10.2 Å². The predicted octanol–water partition coefficient (Wildman–Crippen LogP) is 6.20. The second-order valence-electron chi connectivity index (χ2n) is 10.00. The number of hydrogen-bond acceptors (Lipinski definition) is 3. The van der Waals surface area contributed by atoms with E-state index in [2.05, 4.69) is 55.3 Å². The highest BCUT2D eigenvalue weighted by Crippen LogP contribution is 2.42. The van der Waals surface area contributed by atoms with Gasteiger partial charge in [-0.25, -0.2) is 0 Å². The largest absolute Gasteiger partial charge is 0.352 e. The predicted molar refractivity (Wildman–Crippen MR) is 142 cm³/mol. The summed E-state index contributed by atoms with van der Waals surface area (Å²) in [7, 11) is 0. The highest BCUT2D eigenvalue weighted by atomic mass is 32.2. The summed E-state index contributed by atoms with van der Waals surface area (Å²) in [5.74, 6) is 0.650. The first-order valence-corrected chi connectivity index (χ1v) is 13.4. The number of thioether (sulfide) groups is 1. The zero-order valence-electron chi connectivity index (χ0n) is 20.5. The number of nitrogens with zero attached hydrogens (tertiary/aromatic N) is 1. The van der Waals surface area contributed by atoms with Gasteiger partial charge in [0.1, 0.15) is 0 Å². The second-order valence-corrected chi connectivity index (χ2v) is 11.3. The van der Waals surface area contributed by atoms with E-state index < -0.39 is 0 Å². The first-order valence-electron chi connectivity index (χ1n) is 12.5. The molecule has 0 spiro atoms. The van der Waals surface area contributed by atoms with Crippen LogP contribution in [0.2, 0.25) is 0 Å². The molecule has 0 aromatic heterocycles. The molecule has 2 atom stereocenters. The summed E-state index contributed by atoms with van der Waals surface area (Å²) in [5, 5.41) is 3.44. The van der Waals surface area contributed by atoms with Crippen molar-refractivity contribution < 1.29 is 9.59 Å². The summed E-state index contributed by atoms with van der Waals surface area (Å²) in [6.45, 7) is 7.75. The van der Waals surface area contributed by atoms with Crippen molar-refractivity contribution in [3.63, 3.8) is 0 Å². The lowest BCUT2D eigenvalue weighted by molar-refractivity contribution is -0.130. The van der Waals surface area contributed by atoms with Gasteiger partial charge in [-0.3, -0.25) is 9.59 Å². The van der Waals surface area contributed by atoms with Crippen LogP contribution in [0, 0.1) is 12.8 Å². The summed E-state index contributed by atoms with van der Waals surface area (Å²) < 4.78 is 0. The molecule has 180 valence electrons. The van der Waals surface area contributed by atoms with Gasteiger partial charge in [-0.1, -0.05) is 68.7 Å². The first-order chi connectivity index (χ1) is 16.4. The van der Waals surface area contributed by atoms with Crippen LogP contribution in [0.15, 0.2) is 53.4 Å². The summed E-state index contributed by atoms with van der Waals surface area (Å²) in [5.41, 5.74) is 4.03. The number of nitrogens with one attached hydrogen (secondary N) is 1. The van der Waals surface area contributed by atoms with Crippen LogP contribution in [0.5, 0.6) is 0 Å². The number of amides is 2. The van der Waals surface area contributed by atoms with E-state index in [-0.39, 0.29) is 11.8 Å². The second kappa shape index (κ2) is 11.3. The van der Waals surface area contributed by atoms with Crippen LogP contribution in [0.25, 0.3) is 6.08 Å². The van der Waals surface area contributed by atoms with Gasteiger partial charge in [0.05, 0.1) is 4.91 Å². The highest BCUT2D eigenvalue weighted by molar-refractivity contribution is 8.04. The van der Waals surface area contributed by atoms with Gasteiger partial charge >= 0.3 is 0 Å². The van der Waals surface area contributed by atoms with Gasteiger partial charge in [-0.15, -0.1) is 11.8 Å². The fraction of sp³-hybridized carbons (Fsp3) is 0.448. The smallest absolute Gasteiger partial charge is 0.260 e. The van der Waals surface area contributed by atoms with Gasteiger partial charge in [0.15, 0.2) is 0 Å². The van der Waals surface area contributed by atoms with Crippen LogP contribution in [0.4, 0.5) is 0 Å². The molecule has 0 bridgehead atoms. The minimum absolute atomic E-state index is 0.0441. The van der Waals surface area contributed by atoms with Gasteiger partial charge in [-0.05, 0) is 61.4 Å². The van der Waals surface area contributed by atoms with Crippen LogP contribution < -0.4 is 5.32 Å². The normalized spacial score (nSPS) is 21.6. The van der Waals surface area contributed by atoms with Crippen molar-refractivity contribution in [2.75, 3.05) is 6.54 Å². The molecule has 2 aromatic rings. The molecule has 1 heterocycles. The van der Waals surface area contributed by atoms with Crippen molar-refractivity contribution >= 4 is 29.7 Å². The Kier molecular flexibility index (Phi) is 8.15. The van der Waals surface area contributed by atoms with Crippen LogP contribution in [0.1, 0.15) is 73.0 Å². The van der Waals surface area contributed by atoms with Gasteiger partial charge in [-0.2, -0.15) is 0 Å². The maximum atomic E-state index is 13.6. The number of carbonyl (C=O) groups is 2. The molecule has 1 saturated carbocycles. The number of aryl methyl sites for hydroxylation is 1. The maximum Gasteiger partial charge on any atom is 0.260 e. The summed E-state index contributed by atoms with van der Waals surface area (Å²) in [4.78, 5) is 28.9. The van der Waals surface area contributed by atoms with Crippen LogP contribution in [-0.4, -0.2) is 34.6 Å². The Morgan fingerprint density at radius 1 is 1.15 bits per heavy atom. The molecule has 2 unspecified atom stereocenters. The summed E-state index contributed by atoms with van der Waals surface area (Å²) in [6.07, 6.45) is 7.63. The number of benzene rings is 2. The van der Waals surface area contributed by atoms with Crippen molar-refractivity contribution in [2.24, 2.45) is 5.92 Å². The third kappa shape index (κ3) is 6.12. The third-order valence-electron chi connectivity index (χ3n) is 6.73. The number of carbonyl (C=O) groups excluding carboxylic acids is 2. The average Bonchev–Trinajstić information content (AvgIpc) is 2.82. The van der Waals surface area contributed by atoms with E-state index in [1.165, 1.54) is 24.0 Å². The van der Waals surface area contributed by atoms with Crippen molar-refractivity contribution in [2.45, 2.75) is 70.7 Å². The molecule has 1 N–H and O–H groups in total. The summed E-state index contributed by atoms with van der Waals surface area (Å²) >= 11 is 1.75. The Labute approximate surface area is 208 Å². The van der Waals surface area contributed by atoms with E-state index in [0.29, 0.717) is 35.9 Å². The van der Waals surface area contributed by atoms with Crippen LogP contribution in [0.3, 0.4) is 0 Å². The average molecular weight is 477 g/mol. The minimum Gasteiger partial charge on any atom is -0.352 e. The fourth-order valence-electron chi connectivity index (χ4n) is 4.83. The maximum absolute atomic E-state index is 13.6. The molecule has 1 saturated heterocycles. The van der Waals surface area contributed by atoms with Crippen molar-refractivity contribution in [1.82, 2.24) is 10.2 Å². The van der Waals surface area contributed by atoms with Crippen molar-refractivity contribution in [3.05, 3.63) is 75.7 Å². The molecule has 0 radical (unpaired) electrons. The monoisotopic (exact) mass is 476 g/mol. The first kappa shape index (κ1) is 24.6. The highest BCUT2D eigenvalue weighted by Gasteiger charge is 2.40. The minimum atomic E-state index is -0.0441. The van der Waals surface area contributed by atoms with Crippen LogP contribution >= 0.6 is 11.8 Å². The molecule has 4 rings (SSSR count). The van der Waals surface area contributed by atoms with E-state index in [1.807, 2.05) is 30.3 Å². The van der Waals surface area contributed by atoms with E-state index in [4.69, 9.17) is 0 Å². The molecule has 1 aliphatic heterocycles. The standard InChI is InChI=1S/C29H36N2O2S/c1-20(2)15-16-30-28(32)24-13-11-22(12-14-24)18-27-29(33)31(19-23-8-6-7-21(3)17-23)25-9-4-5-10-26(25)34-27/h6-8,11-14,17-18,20,25-26H,4-5,9-10,15-16,19H2,1-3H3,(H,30,32)/b27-18+. The Morgan fingerprint density at radius 2 is 1.91 bits per heavy atom. The molecule has 5 heteroatoms. The zero-order chi connectivity index (χ0) is 24.1. The topological polar surface area (TPSA) is 49.4 Å². The Bertz CT molecular complexity index is 1040. The Balaban J connectivity index is 1.50. The van der Waals surface area contributed by atoms with E-state index in [1.54, 1.807) is 11.8 Å². The Morgan fingerprint density at radius 3 is 2.65 bits per heavy atom. The molecular weight excluding hydrogens is 440 g/mol. The lowest BCUT2D eigenvalue weighted by atomic mass is 9.92. The van der Waals surface area contributed by atoms with E-state index in [9.17, 15) is 9.59 Å². The third-order valence-corrected chi connectivity index (χ3v) is 8.13. The van der Waals surface area contributed by atoms with Crippen molar-refractivity contribution in [1.29, 1.82) is 0 Å². The molecule has 34 heavy (non-hydrogen) atoms. The molecule has 2 aromatic carbocycles. The Hall–Kier alpha value is -2.53. The lowest BCUT2D eigenvalue weighted by Gasteiger charge is -2.44. The molecule has 4 nitrogen and oxygen atoms in total. The quantitative estimate of drug-likeness (QED) is 0.484. The van der Waals surface area contributed by atoms with Crippen molar-refractivity contribution in [3.8, 4) is 0 Å².